The average Bonchev–Trinajstić information content (AvgIpc) is 3.47. The molecule has 2 aromatic carbocycles. The number of benzene rings is 2. The Bertz CT molecular complexity index is 1520. The van der Waals surface area contributed by atoms with Crippen LogP contribution in [0.4, 0.5) is 0 Å². The van der Waals surface area contributed by atoms with E-state index in [1.807, 2.05) is 77.6 Å². The van der Waals surface area contributed by atoms with Crippen LogP contribution in [-0.2, 0) is 6.42 Å². The van der Waals surface area contributed by atoms with Crippen LogP contribution in [0.3, 0.4) is 0 Å². The van der Waals surface area contributed by atoms with Gasteiger partial charge < -0.3 is 4.52 Å². The van der Waals surface area contributed by atoms with E-state index in [2.05, 4.69) is 33.3 Å². The first kappa shape index (κ1) is 17.5. The molecule has 4 aromatic heterocycles. The van der Waals surface area contributed by atoms with Gasteiger partial charge in [-0.15, -0.1) is 0 Å². The van der Waals surface area contributed by atoms with Gasteiger partial charge in [-0.1, -0.05) is 47.6 Å². The van der Waals surface area contributed by atoms with E-state index in [9.17, 15) is 0 Å². The quantitative estimate of drug-likeness (QED) is 0.405. The fourth-order valence-corrected chi connectivity index (χ4v) is 3.76. The van der Waals surface area contributed by atoms with Crippen LogP contribution in [0.1, 0.15) is 11.3 Å². The largest absolute Gasteiger partial charge is 0.354 e. The van der Waals surface area contributed by atoms with Crippen LogP contribution in [0.25, 0.3) is 39.3 Å². The maximum Gasteiger partial charge on any atom is 0.187 e. The van der Waals surface area contributed by atoms with Gasteiger partial charge in [0, 0.05) is 29.6 Å². The highest BCUT2D eigenvalue weighted by Gasteiger charge is 2.13. The van der Waals surface area contributed by atoms with Gasteiger partial charge in [0.25, 0.3) is 0 Å². The minimum absolute atomic E-state index is 0.622. The van der Waals surface area contributed by atoms with Gasteiger partial charge in [0.05, 0.1) is 17.4 Å². The molecule has 0 radical (unpaired) electrons. The summed E-state index contributed by atoms with van der Waals surface area (Å²) >= 11 is 0. The van der Waals surface area contributed by atoms with E-state index >= 15 is 0 Å². The van der Waals surface area contributed by atoms with Crippen molar-refractivity contribution in [1.82, 2.24) is 24.7 Å². The maximum absolute atomic E-state index is 5.58. The molecule has 0 unspecified atom stereocenters. The van der Waals surface area contributed by atoms with Crippen LogP contribution in [0, 0.1) is 0 Å². The molecule has 148 valence electrons. The van der Waals surface area contributed by atoms with Gasteiger partial charge in [-0.25, -0.2) is 9.50 Å². The minimum Gasteiger partial charge on any atom is -0.354 e. The van der Waals surface area contributed by atoms with Crippen LogP contribution in [0.2, 0.25) is 0 Å². The second kappa shape index (κ2) is 7.18. The Morgan fingerprint density at radius 2 is 1.74 bits per heavy atom. The molecule has 0 fully saturated rings. The monoisotopic (exact) mass is 403 g/mol. The second-order valence-electron chi connectivity index (χ2n) is 7.39. The number of imidazole rings is 1. The SMILES string of the molecule is c1ccc(-c2cc(-c3ccc4ncc(Cc5ccc6ncccc6c5)n4n3)on2)cc1. The highest BCUT2D eigenvalue weighted by atomic mass is 16.5. The summed E-state index contributed by atoms with van der Waals surface area (Å²) in [5.41, 5.74) is 6.47. The van der Waals surface area contributed by atoms with Crippen LogP contribution in [-0.4, -0.2) is 24.7 Å². The molecule has 0 spiro atoms. The first-order chi connectivity index (χ1) is 15.3. The highest BCUT2D eigenvalue weighted by molar-refractivity contribution is 5.79. The molecule has 6 aromatic rings. The zero-order valence-electron chi connectivity index (χ0n) is 16.5. The zero-order chi connectivity index (χ0) is 20.6. The van der Waals surface area contributed by atoms with Crippen LogP contribution in [0.5, 0.6) is 0 Å². The Kier molecular flexibility index (Phi) is 4.06. The molecular weight excluding hydrogens is 386 g/mol. The van der Waals surface area contributed by atoms with Gasteiger partial charge in [-0.3, -0.25) is 4.98 Å². The van der Waals surface area contributed by atoms with E-state index in [-0.39, 0.29) is 0 Å². The fourth-order valence-electron chi connectivity index (χ4n) is 3.76. The van der Waals surface area contributed by atoms with E-state index in [1.54, 1.807) is 0 Å². The highest BCUT2D eigenvalue weighted by Crippen LogP contribution is 2.25. The Hall–Kier alpha value is -4.32. The Morgan fingerprint density at radius 1 is 0.806 bits per heavy atom. The summed E-state index contributed by atoms with van der Waals surface area (Å²) in [6.07, 6.45) is 4.40. The Balaban J connectivity index is 1.35. The molecule has 6 heteroatoms. The smallest absolute Gasteiger partial charge is 0.187 e. The minimum atomic E-state index is 0.622. The van der Waals surface area contributed by atoms with Crippen LogP contribution >= 0.6 is 0 Å². The lowest BCUT2D eigenvalue weighted by Crippen LogP contribution is -2.00. The number of fused-ring (bicyclic) bond motifs is 2. The van der Waals surface area contributed by atoms with Gasteiger partial charge in [0.1, 0.15) is 11.4 Å². The predicted molar refractivity (Wildman–Crippen MR) is 118 cm³/mol. The molecule has 0 aliphatic heterocycles. The second-order valence-corrected chi connectivity index (χ2v) is 7.39. The van der Waals surface area contributed by atoms with Gasteiger partial charge in [0.15, 0.2) is 11.4 Å². The molecule has 0 saturated carbocycles. The van der Waals surface area contributed by atoms with Crippen molar-refractivity contribution in [2.45, 2.75) is 6.42 Å². The number of rotatable bonds is 4. The molecule has 6 nitrogen and oxygen atoms in total. The summed E-state index contributed by atoms with van der Waals surface area (Å²) in [5.74, 6) is 0.622. The summed E-state index contributed by atoms with van der Waals surface area (Å²) in [6, 6.07) is 26.1. The van der Waals surface area contributed by atoms with Crippen molar-refractivity contribution in [2.75, 3.05) is 0 Å². The van der Waals surface area contributed by atoms with Crippen molar-refractivity contribution in [2.24, 2.45) is 0 Å². The van der Waals surface area contributed by atoms with Crippen molar-refractivity contribution in [1.29, 1.82) is 0 Å². The standard InChI is InChI=1S/C25H17N5O/c1-2-5-18(6-3-1)23-15-24(31-29-23)22-10-11-25-27-16-20(30(25)28-22)14-17-8-9-21-19(13-17)7-4-12-26-21/h1-13,15-16H,14H2. The van der Waals surface area contributed by atoms with E-state index in [1.165, 1.54) is 5.56 Å². The number of nitrogens with zero attached hydrogens (tertiary/aromatic N) is 5. The third-order valence-corrected chi connectivity index (χ3v) is 5.32. The fraction of sp³-hybridized carbons (Fsp3) is 0.0400. The zero-order valence-corrected chi connectivity index (χ0v) is 16.5. The molecule has 0 aliphatic carbocycles. The summed E-state index contributed by atoms with van der Waals surface area (Å²) in [4.78, 5) is 8.90. The third-order valence-electron chi connectivity index (χ3n) is 5.32. The van der Waals surface area contributed by atoms with E-state index in [4.69, 9.17) is 9.62 Å². The lowest BCUT2D eigenvalue weighted by atomic mass is 10.1. The average molecular weight is 403 g/mol. The van der Waals surface area contributed by atoms with Crippen molar-refractivity contribution >= 4 is 16.6 Å². The summed E-state index contributed by atoms with van der Waals surface area (Å²) in [6.45, 7) is 0. The molecular formula is C25H17N5O. The number of aromatic nitrogens is 5. The molecule has 4 heterocycles. The number of hydrogen-bond acceptors (Lipinski definition) is 5. The molecule has 31 heavy (non-hydrogen) atoms. The van der Waals surface area contributed by atoms with Crippen molar-refractivity contribution in [3.63, 3.8) is 0 Å². The van der Waals surface area contributed by atoms with E-state index < -0.39 is 0 Å². The lowest BCUT2D eigenvalue weighted by molar-refractivity contribution is 0.433. The number of hydrogen-bond donors (Lipinski definition) is 0. The molecule has 0 atom stereocenters. The topological polar surface area (TPSA) is 69.1 Å². The number of pyridine rings is 1. The first-order valence-electron chi connectivity index (χ1n) is 10.0. The van der Waals surface area contributed by atoms with E-state index in [0.717, 1.165) is 33.5 Å². The van der Waals surface area contributed by atoms with Gasteiger partial charge in [0.2, 0.25) is 0 Å². The summed E-state index contributed by atoms with van der Waals surface area (Å²) in [7, 11) is 0. The summed E-state index contributed by atoms with van der Waals surface area (Å²) in [5, 5.41) is 10.1. The van der Waals surface area contributed by atoms with Crippen molar-refractivity contribution in [3.8, 4) is 22.7 Å². The van der Waals surface area contributed by atoms with Crippen molar-refractivity contribution in [3.05, 3.63) is 103 Å². The first-order valence-corrected chi connectivity index (χ1v) is 10.0. The Labute approximate surface area is 177 Å². The molecule has 0 N–H and O–H groups in total. The maximum atomic E-state index is 5.58. The summed E-state index contributed by atoms with van der Waals surface area (Å²) < 4.78 is 7.45. The van der Waals surface area contributed by atoms with Gasteiger partial charge >= 0.3 is 0 Å². The van der Waals surface area contributed by atoms with Gasteiger partial charge in [-0.05, 0) is 35.9 Å². The van der Waals surface area contributed by atoms with Crippen molar-refractivity contribution < 1.29 is 4.52 Å². The normalized spacial score (nSPS) is 11.4. The van der Waals surface area contributed by atoms with E-state index in [0.29, 0.717) is 17.9 Å². The van der Waals surface area contributed by atoms with Crippen LogP contribution in [0.15, 0.2) is 95.8 Å². The lowest BCUT2D eigenvalue weighted by Gasteiger charge is -2.04. The molecule has 6 rings (SSSR count). The molecule has 0 saturated heterocycles. The Morgan fingerprint density at radius 3 is 2.68 bits per heavy atom. The third kappa shape index (κ3) is 3.24. The predicted octanol–water partition coefficient (Wildman–Crippen LogP) is 5.19. The molecule has 0 bridgehead atoms. The molecule has 0 aliphatic rings. The molecule has 0 amide bonds. The van der Waals surface area contributed by atoms with Crippen LogP contribution < -0.4 is 0 Å². The van der Waals surface area contributed by atoms with Gasteiger partial charge in [-0.2, -0.15) is 5.10 Å².